The third kappa shape index (κ3) is 5.08. The second-order valence-corrected chi connectivity index (χ2v) is 6.71. The van der Waals surface area contributed by atoms with Crippen LogP contribution in [0.25, 0.3) is 0 Å². The molecule has 0 aliphatic heterocycles. The molecule has 4 aromatic rings. The summed E-state index contributed by atoms with van der Waals surface area (Å²) in [4.78, 5) is 0. The summed E-state index contributed by atoms with van der Waals surface area (Å²) in [6.07, 6.45) is 0. The summed E-state index contributed by atoms with van der Waals surface area (Å²) >= 11 is 0. The zero-order valence-electron chi connectivity index (χ0n) is 16.0. The van der Waals surface area contributed by atoms with Crippen LogP contribution >= 0.6 is 0 Å². The largest absolute Gasteiger partial charge is 0.328 e. The number of anilines is 4. The first-order valence-electron chi connectivity index (χ1n) is 9.64. The van der Waals surface area contributed by atoms with E-state index in [2.05, 4.69) is 21.3 Å². The maximum atomic E-state index is 3.60. The van der Waals surface area contributed by atoms with Gasteiger partial charge in [-0.1, -0.05) is 72.8 Å². The van der Waals surface area contributed by atoms with Crippen LogP contribution in [0.1, 0.15) is 0 Å². The molecule has 0 bridgehead atoms. The van der Waals surface area contributed by atoms with E-state index >= 15 is 0 Å². The van der Waals surface area contributed by atoms with Crippen molar-refractivity contribution >= 4 is 22.7 Å². The van der Waals surface area contributed by atoms with Crippen LogP contribution in [-0.2, 0) is 0 Å². The molecule has 0 unspecified atom stereocenters. The van der Waals surface area contributed by atoms with Crippen molar-refractivity contribution in [2.75, 3.05) is 21.3 Å². The lowest BCUT2D eigenvalue weighted by Crippen LogP contribution is -2.59. The number of hydrogen-bond acceptors (Lipinski definition) is 4. The second kappa shape index (κ2) is 8.85. The zero-order valence-corrected chi connectivity index (χ0v) is 16.0. The van der Waals surface area contributed by atoms with Gasteiger partial charge >= 0.3 is 0 Å². The Morgan fingerprint density at radius 2 is 0.517 bits per heavy atom. The molecule has 0 saturated carbocycles. The first-order valence-corrected chi connectivity index (χ1v) is 9.64. The highest BCUT2D eigenvalue weighted by molar-refractivity contribution is 5.62. The van der Waals surface area contributed by atoms with Crippen LogP contribution in [0.15, 0.2) is 121 Å². The maximum absolute atomic E-state index is 3.60. The molecule has 4 rings (SSSR count). The van der Waals surface area contributed by atoms with Gasteiger partial charge in [0.15, 0.2) is 0 Å². The van der Waals surface area contributed by atoms with Gasteiger partial charge in [-0.05, 0) is 48.5 Å². The molecule has 0 fully saturated rings. The van der Waals surface area contributed by atoms with Crippen molar-refractivity contribution < 1.29 is 0 Å². The van der Waals surface area contributed by atoms with E-state index in [1.165, 1.54) is 0 Å². The van der Waals surface area contributed by atoms with Gasteiger partial charge in [-0.15, -0.1) is 0 Å². The topological polar surface area (TPSA) is 48.1 Å². The summed E-state index contributed by atoms with van der Waals surface area (Å²) < 4.78 is 0. The van der Waals surface area contributed by atoms with E-state index in [4.69, 9.17) is 0 Å². The first-order chi connectivity index (χ1) is 14.3. The molecule has 29 heavy (non-hydrogen) atoms. The Labute approximate surface area is 171 Å². The normalized spacial score (nSPS) is 10.8. The molecule has 0 aliphatic rings. The average Bonchev–Trinajstić information content (AvgIpc) is 2.76. The smallest absolute Gasteiger partial charge is 0.268 e. The highest BCUT2D eigenvalue weighted by atomic mass is 15.5. The molecule has 0 heterocycles. The molecule has 144 valence electrons. The van der Waals surface area contributed by atoms with Gasteiger partial charge in [0.2, 0.25) is 0 Å². The zero-order chi connectivity index (χ0) is 19.8. The molecule has 0 aliphatic carbocycles. The van der Waals surface area contributed by atoms with Crippen molar-refractivity contribution in [3.8, 4) is 0 Å². The Morgan fingerprint density at radius 3 is 0.724 bits per heavy atom. The molecule has 0 atom stereocenters. The Morgan fingerprint density at radius 1 is 0.310 bits per heavy atom. The Balaban J connectivity index is 1.75. The molecular weight excluding hydrogens is 356 g/mol. The van der Waals surface area contributed by atoms with E-state index in [-0.39, 0.29) is 0 Å². The van der Waals surface area contributed by atoms with Crippen molar-refractivity contribution in [3.05, 3.63) is 121 Å². The molecule has 4 heteroatoms. The van der Waals surface area contributed by atoms with Gasteiger partial charge in [0, 0.05) is 22.7 Å². The van der Waals surface area contributed by atoms with Crippen molar-refractivity contribution in [3.63, 3.8) is 0 Å². The summed E-state index contributed by atoms with van der Waals surface area (Å²) in [5, 5.41) is 14.4. The lowest BCUT2D eigenvalue weighted by molar-refractivity contribution is 0.689. The van der Waals surface area contributed by atoms with E-state index in [0.717, 1.165) is 22.7 Å². The monoisotopic (exact) mass is 380 g/mol. The summed E-state index contributed by atoms with van der Waals surface area (Å²) in [5.41, 5.74) is 3.90. The molecule has 4 aromatic carbocycles. The summed E-state index contributed by atoms with van der Waals surface area (Å²) in [6, 6.07) is 40.5. The third-order valence-corrected chi connectivity index (χ3v) is 4.42. The average molecular weight is 380 g/mol. The Kier molecular flexibility index (Phi) is 5.63. The molecule has 4 nitrogen and oxygen atoms in total. The Bertz CT molecular complexity index is 818. The molecule has 0 radical (unpaired) electrons. The number of nitrogens with one attached hydrogen (secondary N) is 4. The predicted octanol–water partition coefficient (Wildman–Crippen LogP) is 6.05. The van der Waals surface area contributed by atoms with Gasteiger partial charge in [-0.2, -0.15) is 0 Å². The number of rotatable bonds is 8. The van der Waals surface area contributed by atoms with E-state index in [1.54, 1.807) is 0 Å². The number of hydrogen-bond donors (Lipinski definition) is 4. The highest BCUT2D eigenvalue weighted by Gasteiger charge is 2.30. The van der Waals surface area contributed by atoms with Crippen LogP contribution in [0.3, 0.4) is 0 Å². The van der Waals surface area contributed by atoms with Crippen molar-refractivity contribution in [2.24, 2.45) is 0 Å². The van der Waals surface area contributed by atoms with Gasteiger partial charge in [0.05, 0.1) is 0 Å². The van der Waals surface area contributed by atoms with E-state index in [9.17, 15) is 0 Å². The maximum Gasteiger partial charge on any atom is 0.268 e. The summed E-state index contributed by atoms with van der Waals surface area (Å²) in [6.45, 7) is 0. The predicted molar refractivity (Wildman–Crippen MR) is 123 cm³/mol. The van der Waals surface area contributed by atoms with Crippen LogP contribution in [-0.4, -0.2) is 5.91 Å². The lowest BCUT2D eigenvalue weighted by Gasteiger charge is -2.39. The molecule has 0 amide bonds. The SMILES string of the molecule is c1ccc(NC(Nc2ccccc2)(Nc2ccccc2)Nc2ccccc2)cc1. The van der Waals surface area contributed by atoms with Crippen LogP contribution < -0.4 is 21.3 Å². The van der Waals surface area contributed by atoms with Gasteiger partial charge in [-0.3, -0.25) is 0 Å². The standard InChI is InChI=1S/C25H24N4/c1-5-13-21(14-6-1)26-25(27-22-15-7-2-8-16-22,28-23-17-9-3-10-18-23)29-24-19-11-4-12-20-24/h1-20,26-29H. The number of para-hydroxylation sites is 4. The van der Waals surface area contributed by atoms with Crippen LogP contribution in [0, 0.1) is 0 Å². The fourth-order valence-corrected chi connectivity index (χ4v) is 3.14. The van der Waals surface area contributed by atoms with E-state index < -0.39 is 5.91 Å². The Hall–Kier alpha value is -3.92. The quantitative estimate of drug-likeness (QED) is 0.281. The third-order valence-electron chi connectivity index (χ3n) is 4.42. The summed E-state index contributed by atoms with van der Waals surface area (Å²) in [7, 11) is 0. The second-order valence-electron chi connectivity index (χ2n) is 6.71. The minimum absolute atomic E-state index is 0.884. The molecule has 0 spiro atoms. The molecule has 0 aromatic heterocycles. The van der Waals surface area contributed by atoms with Gasteiger partial charge < -0.3 is 21.3 Å². The van der Waals surface area contributed by atoms with Crippen LogP contribution in [0.5, 0.6) is 0 Å². The molecule has 4 N–H and O–H groups in total. The minimum atomic E-state index is -0.884. The summed E-state index contributed by atoms with van der Waals surface area (Å²) in [5.74, 6) is -0.884. The van der Waals surface area contributed by atoms with Gasteiger partial charge in [-0.25, -0.2) is 0 Å². The van der Waals surface area contributed by atoms with Crippen molar-refractivity contribution in [1.82, 2.24) is 0 Å². The fraction of sp³-hybridized carbons (Fsp3) is 0.0400. The van der Waals surface area contributed by atoms with Crippen LogP contribution in [0.2, 0.25) is 0 Å². The minimum Gasteiger partial charge on any atom is -0.328 e. The first kappa shape index (κ1) is 18.4. The van der Waals surface area contributed by atoms with Gasteiger partial charge in [0.1, 0.15) is 0 Å². The number of benzene rings is 4. The fourth-order valence-electron chi connectivity index (χ4n) is 3.14. The highest BCUT2D eigenvalue weighted by Crippen LogP contribution is 2.24. The van der Waals surface area contributed by atoms with E-state index in [1.807, 2.05) is 121 Å². The van der Waals surface area contributed by atoms with Gasteiger partial charge in [0.25, 0.3) is 5.91 Å². The molecular formula is C25H24N4. The molecule has 0 saturated heterocycles. The lowest BCUT2D eigenvalue weighted by atomic mass is 10.2. The van der Waals surface area contributed by atoms with Crippen molar-refractivity contribution in [2.45, 2.75) is 5.91 Å². The van der Waals surface area contributed by atoms with Crippen LogP contribution in [0.4, 0.5) is 22.7 Å². The van der Waals surface area contributed by atoms with Crippen molar-refractivity contribution in [1.29, 1.82) is 0 Å². The van der Waals surface area contributed by atoms with E-state index in [0.29, 0.717) is 0 Å².